The molecular weight excluding hydrogens is 226 g/mol. The van der Waals surface area contributed by atoms with Gasteiger partial charge in [0.2, 0.25) is 0 Å². The van der Waals surface area contributed by atoms with E-state index in [1.54, 1.807) is 7.11 Å². The lowest BCUT2D eigenvalue weighted by Gasteiger charge is -2.27. The fourth-order valence-corrected chi connectivity index (χ4v) is 2.50. The molecule has 102 valence electrons. The summed E-state index contributed by atoms with van der Waals surface area (Å²) in [5, 5.41) is 0. The van der Waals surface area contributed by atoms with E-state index in [2.05, 4.69) is 35.6 Å². The lowest BCUT2D eigenvalue weighted by atomic mass is 9.92. The molecule has 0 bridgehead atoms. The van der Waals surface area contributed by atoms with E-state index in [0.717, 1.165) is 25.3 Å². The summed E-state index contributed by atoms with van der Waals surface area (Å²) in [4.78, 5) is 10.1. The van der Waals surface area contributed by atoms with Gasteiger partial charge in [0.25, 0.3) is 0 Å². The molecule has 4 nitrogen and oxygen atoms in total. The quantitative estimate of drug-likeness (QED) is 0.894. The molecule has 0 amide bonds. The highest BCUT2D eigenvalue weighted by atomic mass is 16.5. The van der Waals surface area contributed by atoms with Gasteiger partial charge in [0.15, 0.2) is 0 Å². The van der Waals surface area contributed by atoms with Crippen LogP contribution in [0.25, 0.3) is 0 Å². The third-order valence-corrected chi connectivity index (χ3v) is 3.68. The monoisotopic (exact) mass is 251 g/mol. The highest BCUT2D eigenvalue weighted by Crippen LogP contribution is 2.32. The minimum absolute atomic E-state index is 0.333. The Bertz CT molecular complexity index is 356. The number of rotatable bonds is 4. The van der Waals surface area contributed by atoms with Crippen molar-refractivity contribution in [3.63, 3.8) is 0 Å². The Morgan fingerprint density at radius 1 is 1.50 bits per heavy atom. The zero-order valence-electron chi connectivity index (χ0n) is 11.9. The maximum absolute atomic E-state index is 5.52. The first-order valence-electron chi connectivity index (χ1n) is 6.76. The van der Waals surface area contributed by atoms with E-state index in [1.165, 1.54) is 6.42 Å². The first kappa shape index (κ1) is 13.6. The third-order valence-electron chi connectivity index (χ3n) is 3.68. The molecule has 2 rings (SSSR count). The molecule has 1 fully saturated rings. The Morgan fingerprint density at radius 3 is 2.83 bits per heavy atom. The smallest absolute Gasteiger partial charge is 0.123 e. The molecule has 0 aromatic carbocycles. The summed E-state index contributed by atoms with van der Waals surface area (Å²) in [6, 6.07) is 0.382. The van der Waals surface area contributed by atoms with Gasteiger partial charge in [-0.05, 0) is 24.8 Å². The molecule has 0 saturated carbocycles. The molecule has 0 aliphatic carbocycles. The summed E-state index contributed by atoms with van der Waals surface area (Å²) in [6.45, 7) is 8.99. The number of H-pyrrole nitrogens is 1. The highest BCUT2D eigenvalue weighted by Gasteiger charge is 2.34. The Balaban J connectivity index is 2.01. The van der Waals surface area contributed by atoms with Crippen molar-refractivity contribution in [2.75, 3.05) is 20.2 Å². The molecule has 1 aromatic rings. The van der Waals surface area contributed by atoms with Crippen LogP contribution in [-0.4, -0.2) is 41.2 Å². The Hall–Kier alpha value is -0.870. The van der Waals surface area contributed by atoms with Crippen LogP contribution in [-0.2, 0) is 4.74 Å². The predicted molar refractivity (Wildman–Crippen MR) is 72.4 cm³/mol. The summed E-state index contributed by atoms with van der Waals surface area (Å²) in [5.74, 6) is 1.07. The normalized spacial score (nSPS) is 25.8. The first-order valence-corrected chi connectivity index (χ1v) is 6.76. The van der Waals surface area contributed by atoms with Crippen molar-refractivity contribution in [3.05, 3.63) is 18.2 Å². The molecule has 0 spiro atoms. The van der Waals surface area contributed by atoms with E-state index in [9.17, 15) is 0 Å². The number of aromatic nitrogens is 2. The number of hydrogen-bond donors (Lipinski definition) is 1. The van der Waals surface area contributed by atoms with Crippen molar-refractivity contribution in [1.29, 1.82) is 0 Å². The zero-order valence-corrected chi connectivity index (χ0v) is 11.9. The zero-order chi connectivity index (χ0) is 13.2. The first-order chi connectivity index (χ1) is 8.49. The highest BCUT2D eigenvalue weighted by molar-refractivity contribution is 5.01. The predicted octanol–water partition coefficient (Wildman–Crippen LogP) is 2.61. The van der Waals surface area contributed by atoms with E-state index < -0.39 is 0 Å². The van der Waals surface area contributed by atoms with Crippen LogP contribution in [0.2, 0.25) is 0 Å². The average molecular weight is 251 g/mol. The van der Waals surface area contributed by atoms with Gasteiger partial charge < -0.3 is 9.72 Å². The molecular formula is C14H25N3O. The number of likely N-dealkylation sites (tertiary alicyclic amines) is 1. The molecule has 18 heavy (non-hydrogen) atoms. The second-order valence-corrected chi connectivity index (χ2v) is 6.39. The third kappa shape index (κ3) is 3.33. The second-order valence-electron chi connectivity index (χ2n) is 6.39. The Labute approximate surface area is 110 Å². The molecule has 0 radical (unpaired) electrons. The summed E-state index contributed by atoms with van der Waals surface area (Å²) >= 11 is 0. The van der Waals surface area contributed by atoms with Crippen LogP contribution in [0.1, 0.15) is 45.5 Å². The van der Waals surface area contributed by atoms with Gasteiger partial charge in [0, 0.05) is 26.0 Å². The number of hydrogen-bond acceptors (Lipinski definition) is 3. The summed E-state index contributed by atoms with van der Waals surface area (Å²) in [6.07, 6.45) is 6.30. The Kier molecular flexibility index (Phi) is 4.07. The Morgan fingerprint density at radius 2 is 2.28 bits per heavy atom. The fourth-order valence-electron chi connectivity index (χ4n) is 2.50. The van der Waals surface area contributed by atoms with E-state index in [-0.39, 0.29) is 0 Å². The van der Waals surface area contributed by atoms with Crippen LogP contribution in [0.3, 0.4) is 0 Å². The van der Waals surface area contributed by atoms with E-state index in [0.29, 0.717) is 17.6 Å². The number of nitrogens with zero attached hydrogens (tertiary/aromatic N) is 2. The average Bonchev–Trinajstić information content (AvgIpc) is 2.94. The van der Waals surface area contributed by atoms with Crippen molar-refractivity contribution in [2.24, 2.45) is 5.41 Å². The van der Waals surface area contributed by atoms with Gasteiger partial charge in [-0.1, -0.05) is 20.8 Å². The fraction of sp³-hybridized carbons (Fsp3) is 0.786. The van der Waals surface area contributed by atoms with Gasteiger partial charge in [-0.25, -0.2) is 4.98 Å². The maximum atomic E-state index is 5.52. The van der Waals surface area contributed by atoms with Gasteiger partial charge >= 0.3 is 0 Å². The molecule has 1 aliphatic rings. The van der Waals surface area contributed by atoms with Crippen molar-refractivity contribution >= 4 is 0 Å². The summed E-state index contributed by atoms with van der Waals surface area (Å²) < 4.78 is 5.52. The molecule has 2 atom stereocenters. The number of nitrogens with one attached hydrogen (secondary N) is 1. The minimum atomic E-state index is 0.333. The topological polar surface area (TPSA) is 41.1 Å². The van der Waals surface area contributed by atoms with Crippen molar-refractivity contribution in [1.82, 2.24) is 14.9 Å². The van der Waals surface area contributed by atoms with E-state index >= 15 is 0 Å². The van der Waals surface area contributed by atoms with E-state index in [4.69, 9.17) is 4.74 Å². The van der Waals surface area contributed by atoms with Crippen molar-refractivity contribution in [3.8, 4) is 0 Å². The number of ether oxygens (including phenoxy) is 1. The summed E-state index contributed by atoms with van der Waals surface area (Å²) in [5.41, 5.74) is 0.374. The van der Waals surface area contributed by atoms with Crippen LogP contribution in [0.4, 0.5) is 0 Å². The van der Waals surface area contributed by atoms with Gasteiger partial charge in [0.05, 0.1) is 12.1 Å². The lowest BCUT2D eigenvalue weighted by Crippen LogP contribution is -2.29. The van der Waals surface area contributed by atoms with Gasteiger partial charge in [-0.2, -0.15) is 0 Å². The molecule has 4 heteroatoms. The van der Waals surface area contributed by atoms with Crippen LogP contribution < -0.4 is 0 Å². The SMILES string of the molecule is CO[C@@H]1CC(c2ncc[nH]2)N(CCC(C)(C)C)C1. The molecule has 1 aromatic heterocycles. The van der Waals surface area contributed by atoms with Crippen LogP contribution >= 0.6 is 0 Å². The van der Waals surface area contributed by atoms with Gasteiger partial charge in [0.1, 0.15) is 5.82 Å². The largest absolute Gasteiger partial charge is 0.380 e. The molecule has 1 saturated heterocycles. The molecule has 1 unspecified atom stereocenters. The van der Waals surface area contributed by atoms with Crippen molar-refractivity contribution in [2.45, 2.75) is 45.8 Å². The van der Waals surface area contributed by atoms with E-state index in [1.807, 2.05) is 12.4 Å². The minimum Gasteiger partial charge on any atom is -0.380 e. The van der Waals surface area contributed by atoms with Crippen LogP contribution in [0, 0.1) is 5.41 Å². The molecule has 1 aliphatic heterocycles. The van der Waals surface area contributed by atoms with Gasteiger partial charge in [-0.3, -0.25) is 4.90 Å². The van der Waals surface area contributed by atoms with Gasteiger partial charge in [-0.15, -0.1) is 0 Å². The van der Waals surface area contributed by atoms with Crippen LogP contribution in [0.15, 0.2) is 12.4 Å². The second kappa shape index (κ2) is 5.41. The summed E-state index contributed by atoms with van der Waals surface area (Å²) in [7, 11) is 1.80. The maximum Gasteiger partial charge on any atom is 0.123 e. The number of aromatic amines is 1. The molecule has 1 N–H and O–H groups in total. The standard InChI is InChI=1S/C14H25N3O/c1-14(2,3)5-8-17-10-11(18-4)9-12(17)13-15-6-7-16-13/h6-7,11-12H,5,8-10H2,1-4H3,(H,15,16)/t11-,12?/m1/s1. The van der Waals surface area contributed by atoms with Crippen LogP contribution in [0.5, 0.6) is 0 Å². The molecule has 2 heterocycles. The lowest BCUT2D eigenvalue weighted by molar-refractivity contribution is 0.106. The number of imidazole rings is 1. The van der Waals surface area contributed by atoms with Crippen molar-refractivity contribution < 1.29 is 4.74 Å². The number of methoxy groups -OCH3 is 1.